The first-order valence-corrected chi connectivity index (χ1v) is 7.02. The predicted octanol–water partition coefficient (Wildman–Crippen LogP) is 2.32. The minimum Gasteiger partial charge on any atom is -0.415 e. The van der Waals surface area contributed by atoms with Gasteiger partial charge in [0, 0.05) is 6.10 Å². The Hall–Kier alpha value is -1.12. The zero-order valence-electron chi connectivity index (χ0n) is 9.77. The fourth-order valence-corrected chi connectivity index (χ4v) is 2.74. The van der Waals surface area contributed by atoms with Gasteiger partial charge in [-0.25, -0.2) is 0 Å². The molecule has 0 aliphatic heterocycles. The van der Waals surface area contributed by atoms with Crippen molar-refractivity contribution in [1.82, 2.24) is 0 Å². The molecule has 0 radical (unpaired) electrons. The van der Waals surface area contributed by atoms with Crippen LogP contribution in [-0.2, 0) is 4.43 Å². The van der Waals surface area contributed by atoms with Gasteiger partial charge in [0.15, 0.2) is 9.76 Å². The van der Waals surface area contributed by atoms with Gasteiger partial charge in [0.2, 0.25) is 0 Å². The van der Waals surface area contributed by atoms with Crippen molar-refractivity contribution in [2.24, 2.45) is 0 Å². The van der Waals surface area contributed by atoms with E-state index in [1.165, 1.54) is 5.19 Å². The molecule has 0 N–H and O–H groups in total. The average molecular weight is 232 g/mol. The summed E-state index contributed by atoms with van der Waals surface area (Å²) < 4.78 is 5.99. The first-order valence-electron chi connectivity index (χ1n) is 5.74. The zero-order chi connectivity index (χ0) is 11.6. The van der Waals surface area contributed by atoms with Crippen LogP contribution in [0.2, 0.25) is 0 Å². The molecule has 0 aliphatic rings. The van der Waals surface area contributed by atoms with Crippen LogP contribution in [0.3, 0.4) is 0 Å². The number of hydrogen-bond donors (Lipinski definition) is 0. The van der Waals surface area contributed by atoms with E-state index in [1.807, 2.05) is 18.2 Å². The Morgan fingerprint density at radius 2 is 1.94 bits per heavy atom. The normalized spacial score (nSPS) is 12.8. The Kier molecular flexibility index (Phi) is 6.54. The molecule has 1 atom stereocenters. The maximum atomic E-state index is 5.99. The van der Waals surface area contributed by atoms with Crippen LogP contribution in [0.25, 0.3) is 0 Å². The fourth-order valence-electron chi connectivity index (χ4n) is 1.55. The molecule has 1 aromatic rings. The zero-order valence-corrected chi connectivity index (χ0v) is 11.2. The average Bonchev–Trinajstić information content (AvgIpc) is 2.34. The van der Waals surface area contributed by atoms with Crippen LogP contribution in [0.4, 0.5) is 0 Å². The Bertz CT molecular complexity index is 308. The quantitative estimate of drug-likeness (QED) is 0.494. The second kappa shape index (κ2) is 8.08. The summed E-state index contributed by atoms with van der Waals surface area (Å²) in [5.41, 5.74) is 0. The summed E-state index contributed by atoms with van der Waals surface area (Å²) in [6, 6.07) is 10.5. The van der Waals surface area contributed by atoms with Crippen molar-refractivity contribution in [2.45, 2.75) is 25.4 Å². The van der Waals surface area contributed by atoms with Crippen molar-refractivity contribution in [1.29, 1.82) is 0 Å². The van der Waals surface area contributed by atoms with E-state index in [1.54, 1.807) is 0 Å². The van der Waals surface area contributed by atoms with Gasteiger partial charge in [-0.2, -0.15) is 0 Å². The van der Waals surface area contributed by atoms with E-state index in [9.17, 15) is 0 Å². The molecule has 2 heteroatoms. The van der Waals surface area contributed by atoms with Crippen molar-refractivity contribution in [2.75, 3.05) is 0 Å². The van der Waals surface area contributed by atoms with E-state index in [2.05, 4.69) is 37.4 Å². The van der Waals surface area contributed by atoms with Crippen molar-refractivity contribution in [3.05, 3.63) is 55.6 Å². The van der Waals surface area contributed by atoms with Crippen molar-refractivity contribution < 1.29 is 4.43 Å². The summed E-state index contributed by atoms with van der Waals surface area (Å²) in [5.74, 6) is 0. The molecule has 0 amide bonds. The van der Waals surface area contributed by atoms with Gasteiger partial charge < -0.3 is 4.43 Å². The lowest BCUT2D eigenvalue weighted by molar-refractivity contribution is 0.209. The van der Waals surface area contributed by atoms with Gasteiger partial charge in [-0.05, 0) is 24.4 Å². The predicted molar refractivity (Wildman–Crippen MR) is 73.7 cm³/mol. The maximum Gasteiger partial charge on any atom is 0.192 e. The maximum absolute atomic E-state index is 5.99. The minimum absolute atomic E-state index is 0.322. The number of benzene rings is 1. The molecule has 1 unspecified atom stereocenters. The van der Waals surface area contributed by atoms with Gasteiger partial charge in [-0.3, -0.25) is 0 Å². The lowest BCUT2D eigenvalue weighted by Gasteiger charge is -2.15. The molecule has 0 bridgehead atoms. The molecule has 0 saturated heterocycles. The Balaban J connectivity index is 2.36. The van der Waals surface area contributed by atoms with Crippen molar-refractivity contribution in [3.8, 4) is 0 Å². The minimum atomic E-state index is -0.589. The van der Waals surface area contributed by atoms with E-state index in [0.29, 0.717) is 6.10 Å². The van der Waals surface area contributed by atoms with Gasteiger partial charge in [0.1, 0.15) is 0 Å². The molecule has 0 fully saturated rings. The van der Waals surface area contributed by atoms with Crippen LogP contribution < -0.4 is 5.19 Å². The highest BCUT2D eigenvalue weighted by atomic mass is 28.2. The SMILES string of the molecule is C=CCCC(CC=C)O[SiH2]c1ccccc1. The molecule has 0 spiro atoms. The summed E-state index contributed by atoms with van der Waals surface area (Å²) in [4.78, 5) is 0. The first-order chi connectivity index (χ1) is 7.86. The fraction of sp³-hybridized carbons (Fsp3) is 0.286. The molecule has 86 valence electrons. The standard InChI is InChI=1S/C14H20OSi/c1-3-5-10-13(9-4-2)15-16-14-11-7-6-8-12-14/h3-4,6-8,11-13H,1-2,5,9-10,16H2. The second-order valence-electron chi connectivity index (χ2n) is 3.81. The summed E-state index contributed by atoms with van der Waals surface area (Å²) in [6.45, 7) is 7.51. The summed E-state index contributed by atoms with van der Waals surface area (Å²) >= 11 is 0. The Morgan fingerprint density at radius 1 is 1.19 bits per heavy atom. The molecule has 16 heavy (non-hydrogen) atoms. The molecule has 0 saturated carbocycles. The Labute approximate surface area is 101 Å². The summed E-state index contributed by atoms with van der Waals surface area (Å²) in [6.07, 6.45) is 7.21. The largest absolute Gasteiger partial charge is 0.415 e. The van der Waals surface area contributed by atoms with Crippen LogP contribution in [0.15, 0.2) is 55.6 Å². The number of hydrogen-bond acceptors (Lipinski definition) is 1. The molecule has 1 nitrogen and oxygen atoms in total. The number of rotatable bonds is 8. The number of allylic oxidation sites excluding steroid dienone is 1. The third kappa shape index (κ3) is 5.10. The lowest BCUT2D eigenvalue weighted by atomic mass is 10.1. The highest BCUT2D eigenvalue weighted by molar-refractivity contribution is 6.46. The molecule has 1 aromatic carbocycles. The van der Waals surface area contributed by atoms with Crippen molar-refractivity contribution >= 4 is 14.9 Å². The van der Waals surface area contributed by atoms with Gasteiger partial charge in [0.05, 0.1) is 0 Å². The van der Waals surface area contributed by atoms with Crippen molar-refractivity contribution in [3.63, 3.8) is 0 Å². The van der Waals surface area contributed by atoms with E-state index in [0.717, 1.165) is 19.3 Å². The topological polar surface area (TPSA) is 9.23 Å². The Morgan fingerprint density at radius 3 is 2.56 bits per heavy atom. The smallest absolute Gasteiger partial charge is 0.192 e. The van der Waals surface area contributed by atoms with Crippen LogP contribution >= 0.6 is 0 Å². The molecular weight excluding hydrogens is 212 g/mol. The molecule has 0 heterocycles. The van der Waals surface area contributed by atoms with E-state index < -0.39 is 9.76 Å². The van der Waals surface area contributed by atoms with E-state index in [-0.39, 0.29) is 0 Å². The van der Waals surface area contributed by atoms with Crippen LogP contribution in [0.5, 0.6) is 0 Å². The van der Waals surface area contributed by atoms with Gasteiger partial charge in [-0.15, -0.1) is 13.2 Å². The summed E-state index contributed by atoms with van der Waals surface area (Å²) in [5, 5.41) is 1.36. The van der Waals surface area contributed by atoms with Gasteiger partial charge >= 0.3 is 0 Å². The molecule has 0 aromatic heterocycles. The molecule has 1 rings (SSSR count). The van der Waals surface area contributed by atoms with Crippen LogP contribution in [-0.4, -0.2) is 15.9 Å². The third-order valence-electron chi connectivity index (χ3n) is 2.45. The molecule has 0 aliphatic carbocycles. The van der Waals surface area contributed by atoms with Gasteiger partial charge in [0.25, 0.3) is 0 Å². The second-order valence-corrected chi connectivity index (χ2v) is 5.25. The highest BCUT2D eigenvalue weighted by Crippen LogP contribution is 2.07. The molecular formula is C14H20OSi. The van der Waals surface area contributed by atoms with Gasteiger partial charge in [-0.1, -0.05) is 42.5 Å². The first kappa shape index (κ1) is 12.9. The van der Waals surface area contributed by atoms with E-state index >= 15 is 0 Å². The summed E-state index contributed by atoms with van der Waals surface area (Å²) in [7, 11) is -0.589. The third-order valence-corrected chi connectivity index (χ3v) is 3.89. The van der Waals surface area contributed by atoms with Crippen LogP contribution in [0, 0.1) is 0 Å². The lowest BCUT2D eigenvalue weighted by Crippen LogP contribution is -2.23. The highest BCUT2D eigenvalue weighted by Gasteiger charge is 2.06. The van der Waals surface area contributed by atoms with Crippen LogP contribution in [0.1, 0.15) is 19.3 Å². The monoisotopic (exact) mass is 232 g/mol. The van der Waals surface area contributed by atoms with E-state index in [4.69, 9.17) is 4.43 Å².